The van der Waals surface area contributed by atoms with Gasteiger partial charge < -0.3 is 5.32 Å². The van der Waals surface area contributed by atoms with Crippen LogP contribution < -0.4 is 5.32 Å². The fourth-order valence-corrected chi connectivity index (χ4v) is 4.78. The van der Waals surface area contributed by atoms with E-state index in [1.165, 1.54) is 30.0 Å². The van der Waals surface area contributed by atoms with E-state index < -0.39 is 0 Å². The number of nitrogens with zero attached hydrogens (tertiary/aromatic N) is 1. The molecule has 0 saturated heterocycles. The number of aromatic nitrogens is 1. The van der Waals surface area contributed by atoms with Gasteiger partial charge in [-0.05, 0) is 43.6 Å². The van der Waals surface area contributed by atoms with Crippen LogP contribution in [0.1, 0.15) is 57.7 Å². The molecule has 0 spiro atoms. The normalized spacial score (nSPS) is 30.3. The average Bonchev–Trinajstić information content (AvgIpc) is 2.79. The molecule has 20 heavy (non-hydrogen) atoms. The van der Waals surface area contributed by atoms with E-state index in [0.717, 1.165) is 30.7 Å². The zero-order valence-corrected chi connectivity index (χ0v) is 14.1. The van der Waals surface area contributed by atoms with Crippen LogP contribution >= 0.6 is 11.3 Å². The molecular weight excluding hydrogens is 264 g/mol. The quantitative estimate of drug-likeness (QED) is 0.887. The van der Waals surface area contributed by atoms with Crippen LogP contribution in [0.25, 0.3) is 0 Å². The predicted octanol–water partition coefficient (Wildman–Crippen LogP) is 4.01. The summed E-state index contributed by atoms with van der Waals surface area (Å²) in [6.45, 7) is 10.0. The largest absolute Gasteiger partial charge is 0.314 e. The third kappa shape index (κ3) is 3.09. The van der Waals surface area contributed by atoms with Crippen LogP contribution in [0, 0.1) is 17.8 Å². The molecule has 2 nitrogen and oxygen atoms in total. The third-order valence-corrected chi connectivity index (χ3v) is 5.90. The molecule has 3 atom stereocenters. The molecule has 0 bridgehead atoms. The molecule has 3 heteroatoms. The second kappa shape index (κ2) is 5.42. The van der Waals surface area contributed by atoms with Gasteiger partial charge in [-0.2, -0.15) is 0 Å². The van der Waals surface area contributed by atoms with Crippen molar-refractivity contribution in [3.05, 3.63) is 16.1 Å². The van der Waals surface area contributed by atoms with Gasteiger partial charge in [0.25, 0.3) is 0 Å². The fourth-order valence-electron chi connectivity index (χ4n) is 3.70. The highest BCUT2D eigenvalue weighted by atomic mass is 32.1. The Labute approximate surface area is 127 Å². The summed E-state index contributed by atoms with van der Waals surface area (Å²) in [7, 11) is 0. The van der Waals surface area contributed by atoms with Gasteiger partial charge in [0.15, 0.2) is 0 Å². The highest BCUT2D eigenvalue weighted by Crippen LogP contribution is 2.55. The highest BCUT2D eigenvalue weighted by Gasteiger charge is 2.47. The van der Waals surface area contributed by atoms with Gasteiger partial charge >= 0.3 is 0 Å². The highest BCUT2D eigenvalue weighted by molar-refractivity contribution is 7.09. The zero-order valence-electron chi connectivity index (χ0n) is 13.3. The van der Waals surface area contributed by atoms with Gasteiger partial charge in [-0.15, -0.1) is 11.3 Å². The van der Waals surface area contributed by atoms with Crippen LogP contribution in [0.2, 0.25) is 0 Å². The Kier molecular flexibility index (Phi) is 3.93. The van der Waals surface area contributed by atoms with Crippen molar-refractivity contribution in [2.45, 2.75) is 64.8 Å². The minimum absolute atomic E-state index is 0.178. The summed E-state index contributed by atoms with van der Waals surface area (Å²) >= 11 is 1.85. The molecule has 112 valence electrons. The first-order chi connectivity index (χ1) is 9.47. The first-order valence-corrected chi connectivity index (χ1v) is 9.03. The van der Waals surface area contributed by atoms with Crippen LogP contribution in [0.15, 0.2) is 5.38 Å². The van der Waals surface area contributed by atoms with Crippen LogP contribution in [-0.4, -0.2) is 17.6 Å². The Bertz CT molecular complexity index is 450. The Balaban J connectivity index is 1.65. The van der Waals surface area contributed by atoms with Gasteiger partial charge in [0, 0.05) is 23.3 Å². The molecule has 2 fully saturated rings. The fraction of sp³-hybridized carbons (Fsp3) is 0.824. The van der Waals surface area contributed by atoms with Crippen molar-refractivity contribution in [1.82, 2.24) is 10.3 Å². The Morgan fingerprint density at radius 1 is 1.30 bits per heavy atom. The first kappa shape index (κ1) is 14.5. The summed E-state index contributed by atoms with van der Waals surface area (Å²) in [5.74, 6) is 3.03. The van der Waals surface area contributed by atoms with Crippen LogP contribution in [0.5, 0.6) is 0 Å². The van der Waals surface area contributed by atoms with Crippen molar-refractivity contribution in [2.75, 3.05) is 6.54 Å². The van der Waals surface area contributed by atoms with E-state index in [2.05, 4.69) is 38.4 Å². The smallest absolute Gasteiger partial charge is 0.0944 e. The van der Waals surface area contributed by atoms with Crippen molar-refractivity contribution in [1.29, 1.82) is 0 Å². The van der Waals surface area contributed by atoms with Gasteiger partial charge in [0.1, 0.15) is 0 Å². The molecule has 1 N–H and O–H groups in total. The van der Waals surface area contributed by atoms with Crippen LogP contribution in [-0.2, 0) is 11.8 Å². The number of likely N-dealkylation sites (N-methyl/N-ethyl adjacent to an activating group) is 1. The van der Waals surface area contributed by atoms with Crippen molar-refractivity contribution in [2.24, 2.45) is 17.8 Å². The first-order valence-electron chi connectivity index (χ1n) is 8.15. The number of nitrogens with one attached hydrogen (secondary N) is 1. The van der Waals surface area contributed by atoms with Crippen molar-refractivity contribution in [3.63, 3.8) is 0 Å². The molecule has 0 radical (unpaired) electrons. The number of fused-ring (bicyclic) bond motifs is 1. The molecule has 1 heterocycles. The van der Waals surface area contributed by atoms with Crippen molar-refractivity contribution in [3.8, 4) is 0 Å². The molecule has 2 aliphatic rings. The maximum Gasteiger partial charge on any atom is 0.0944 e. The number of hydrogen-bond donors (Lipinski definition) is 1. The molecule has 0 amide bonds. The standard InChI is InChI=1S/C17H28N2S/c1-5-18-14(13-7-11-6-12(11)8-13)9-16-19-15(10-20-16)17(2,3)4/h10-14,18H,5-9H2,1-4H3. The molecule has 0 aromatic carbocycles. The summed E-state index contributed by atoms with van der Waals surface area (Å²) < 4.78 is 0. The molecular formula is C17H28N2S. The lowest BCUT2D eigenvalue weighted by Gasteiger charge is -2.25. The van der Waals surface area contributed by atoms with E-state index in [1.807, 2.05) is 11.3 Å². The van der Waals surface area contributed by atoms with Crippen LogP contribution in [0.3, 0.4) is 0 Å². The van der Waals surface area contributed by atoms with Gasteiger partial charge in [-0.25, -0.2) is 4.98 Å². The van der Waals surface area contributed by atoms with Gasteiger partial charge in [0.05, 0.1) is 10.7 Å². The van der Waals surface area contributed by atoms with E-state index in [1.54, 1.807) is 0 Å². The topological polar surface area (TPSA) is 24.9 Å². The number of hydrogen-bond acceptors (Lipinski definition) is 3. The van der Waals surface area contributed by atoms with Crippen molar-refractivity contribution >= 4 is 11.3 Å². The third-order valence-electron chi connectivity index (χ3n) is 5.03. The van der Waals surface area contributed by atoms with E-state index in [4.69, 9.17) is 4.98 Å². The lowest BCUT2D eigenvalue weighted by atomic mass is 9.91. The van der Waals surface area contributed by atoms with Gasteiger partial charge in [-0.3, -0.25) is 0 Å². The molecule has 3 unspecified atom stereocenters. The Morgan fingerprint density at radius 2 is 2.00 bits per heavy atom. The number of rotatable bonds is 5. The molecule has 1 aromatic rings. The van der Waals surface area contributed by atoms with E-state index in [0.29, 0.717) is 6.04 Å². The lowest BCUT2D eigenvalue weighted by molar-refractivity contribution is 0.336. The molecule has 3 rings (SSSR count). The summed E-state index contributed by atoms with van der Waals surface area (Å²) in [4.78, 5) is 4.88. The maximum atomic E-state index is 4.88. The molecule has 0 aliphatic heterocycles. The minimum atomic E-state index is 0.178. The summed E-state index contributed by atoms with van der Waals surface area (Å²) in [6, 6.07) is 0.645. The van der Waals surface area contributed by atoms with E-state index in [9.17, 15) is 0 Å². The molecule has 2 aliphatic carbocycles. The summed E-state index contributed by atoms with van der Waals surface area (Å²) in [6.07, 6.45) is 5.55. The van der Waals surface area contributed by atoms with Crippen LogP contribution in [0.4, 0.5) is 0 Å². The molecule has 1 aromatic heterocycles. The Morgan fingerprint density at radius 3 is 2.55 bits per heavy atom. The SMILES string of the molecule is CCNC(Cc1nc(C(C)(C)C)cs1)C1CC2CC2C1. The second-order valence-electron chi connectivity index (χ2n) is 7.73. The monoisotopic (exact) mass is 292 g/mol. The van der Waals surface area contributed by atoms with E-state index >= 15 is 0 Å². The maximum absolute atomic E-state index is 4.88. The predicted molar refractivity (Wildman–Crippen MR) is 86.3 cm³/mol. The second-order valence-corrected chi connectivity index (χ2v) is 8.67. The number of thiazole rings is 1. The summed E-state index contributed by atoms with van der Waals surface area (Å²) in [5.41, 5.74) is 1.43. The Hall–Kier alpha value is -0.410. The zero-order chi connectivity index (χ0) is 14.3. The minimum Gasteiger partial charge on any atom is -0.314 e. The average molecular weight is 292 g/mol. The van der Waals surface area contributed by atoms with E-state index in [-0.39, 0.29) is 5.41 Å². The van der Waals surface area contributed by atoms with Gasteiger partial charge in [-0.1, -0.05) is 27.7 Å². The molecule has 2 saturated carbocycles. The van der Waals surface area contributed by atoms with Crippen molar-refractivity contribution < 1.29 is 0 Å². The summed E-state index contributed by atoms with van der Waals surface area (Å²) in [5, 5.41) is 7.30. The van der Waals surface area contributed by atoms with Gasteiger partial charge in [0.2, 0.25) is 0 Å². The lowest BCUT2D eigenvalue weighted by Crippen LogP contribution is -2.37.